The lowest BCUT2D eigenvalue weighted by Gasteiger charge is -2.48. The molecule has 4 aliphatic rings. The second-order valence-corrected chi connectivity index (χ2v) is 15.7. The van der Waals surface area contributed by atoms with E-state index in [1.165, 1.54) is 24.3 Å². The summed E-state index contributed by atoms with van der Waals surface area (Å²) in [6.07, 6.45) is -37.7. The number of hydrogen-bond donors (Lipinski definition) is 16. The van der Waals surface area contributed by atoms with Crippen LogP contribution in [0.5, 0.6) is 23.0 Å². The zero-order valence-corrected chi connectivity index (χ0v) is 33.6. The van der Waals surface area contributed by atoms with Crippen molar-refractivity contribution in [2.75, 3.05) is 26.4 Å². The minimum atomic E-state index is -2.15. The van der Waals surface area contributed by atoms with Crippen molar-refractivity contribution in [2.24, 2.45) is 0 Å². The molecule has 3 aromatic rings. The van der Waals surface area contributed by atoms with Crippen molar-refractivity contribution in [2.45, 2.75) is 123 Å². The molecular weight excluding hydrogens is 884 g/mol. The molecule has 26 nitrogen and oxygen atoms in total. The smallest absolute Gasteiger partial charge is 0.239 e. The van der Waals surface area contributed by atoms with E-state index in [9.17, 15) is 86.5 Å². The minimum Gasteiger partial charge on any atom is -0.508 e. The van der Waals surface area contributed by atoms with Crippen LogP contribution in [-0.4, -0.2) is 231 Å². The molecule has 26 heteroatoms. The second-order valence-electron chi connectivity index (χ2n) is 15.7. The number of hydrogen-bond acceptors (Lipinski definition) is 26. The molecular formula is C39H50O26. The first-order chi connectivity index (χ1) is 30.9. The van der Waals surface area contributed by atoms with Crippen LogP contribution >= 0.6 is 0 Å². The topological polar surface area (TPSA) is 428 Å². The predicted molar refractivity (Wildman–Crippen MR) is 205 cm³/mol. The van der Waals surface area contributed by atoms with Gasteiger partial charge in [-0.3, -0.25) is 4.79 Å². The van der Waals surface area contributed by atoms with Crippen LogP contribution in [0.1, 0.15) is 0 Å². The summed E-state index contributed by atoms with van der Waals surface area (Å²) in [6.45, 7) is -3.61. The van der Waals surface area contributed by atoms with E-state index in [1.54, 1.807) is 0 Å². The Kier molecular flexibility index (Phi) is 15.1. The molecule has 0 amide bonds. The van der Waals surface area contributed by atoms with Crippen molar-refractivity contribution in [1.29, 1.82) is 0 Å². The first-order valence-corrected chi connectivity index (χ1v) is 20.1. The fourth-order valence-electron chi connectivity index (χ4n) is 7.75. The van der Waals surface area contributed by atoms with Gasteiger partial charge < -0.3 is 124 Å². The Morgan fingerprint density at radius 2 is 0.938 bits per heavy atom. The number of benzene rings is 2. The number of ether oxygens (including phenoxy) is 8. The first kappa shape index (κ1) is 49.0. The van der Waals surface area contributed by atoms with Crippen LogP contribution < -0.4 is 14.9 Å². The third kappa shape index (κ3) is 9.49. The van der Waals surface area contributed by atoms with Gasteiger partial charge in [0.15, 0.2) is 24.4 Å². The van der Waals surface area contributed by atoms with Gasteiger partial charge in [0.2, 0.25) is 23.8 Å². The normalized spacial score (nSPS) is 40.2. The summed E-state index contributed by atoms with van der Waals surface area (Å²) in [5, 5.41) is 167. The van der Waals surface area contributed by atoms with Crippen LogP contribution in [-0.2, 0) is 28.4 Å². The van der Waals surface area contributed by atoms with Crippen molar-refractivity contribution in [3.63, 3.8) is 0 Å². The van der Waals surface area contributed by atoms with Crippen LogP contribution in [0, 0.1) is 0 Å². The van der Waals surface area contributed by atoms with Gasteiger partial charge in [0.05, 0.1) is 26.4 Å². The summed E-state index contributed by atoms with van der Waals surface area (Å²) in [7, 11) is 0. The third-order valence-corrected chi connectivity index (χ3v) is 11.5. The summed E-state index contributed by atoms with van der Waals surface area (Å²) < 4.78 is 51.6. The number of fused-ring (bicyclic) bond motifs is 1. The van der Waals surface area contributed by atoms with E-state index in [1.807, 2.05) is 0 Å². The molecule has 9 unspecified atom stereocenters. The van der Waals surface area contributed by atoms with E-state index in [-0.39, 0.29) is 17.1 Å². The molecule has 7 rings (SSSR count). The fourth-order valence-corrected chi connectivity index (χ4v) is 7.75. The monoisotopic (exact) mass is 934 g/mol. The molecule has 4 aliphatic heterocycles. The van der Waals surface area contributed by atoms with Gasteiger partial charge in [-0.1, -0.05) is 0 Å². The lowest BCUT2D eigenvalue weighted by atomic mass is 9.96. The minimum absolute atomic E-state index is 0.00983. The van der Waals surface area contributed by atoms with Crippen LogP contribution in [0.3, 0.4) is 0 Å². The summed E-state index contributed by atoms with van der Waals surface area (Å²) in [5.41, 5.74) is -1.57. The molecule has 0 spiro atoms. The van der Waals surface area contributed by atoms with Crippen LogP contribution in [0.25, 0.3) is 22.3 Å². The van der Waals surface area contributed by atoms with E-state index in [0.717, 1.165) is 12.1 Å². The van der Waals surface area contributed by atoms with Gasteiger partial charge in [-0.2, -0.15) is 0 Å². The van der Waals surface area contributed by atoms with E-state index >= 15 is 0 Å². The van der Waals surface area contributed by atoms with Crippen LogP contribution in [0.15, 0.2) is 45.6 Å². The zero-order chi connectivity index (χ0) is 47.2. The quantitative estimate of drug-likeness (QED) is 0.0757. The molecule has 65 heavy (non-hydrogen) atoms. The zero-order valence-electron chi connectivity index (χ0n) is 33.6. The highest BCUT2D eigenvalue weighted by Gasteiger charge is 2.55. The summed E-state index contributed by atoms with van der Waals surface area (Å²) in [5.74, 6) is -2.68. The molecule has 0 radical (unpaired) electrons. The number of phenols is 2. The summed E-state index contributed by atoms with van der Waals surface area (Å²) in [6, 6.07) is 6.86. The first-order valence-electron chi connectivity index (χ1n) is 20.1. The van der Waals surface area contributed by atoms with Gasteiger partial charge in [-0.15, -0.1) is 0 Å². The average Bonchev–Trinajstić information content (AvgIpc) is 3.29. The highest BCUT2D eigenvalue weighted by atomic mass is 16.8. The lowest BCUT2D eigenvalue weighted by molar-refractivity contribution is -0.389. The van der Waals surface area contributed by atoms with Crippen LogP contribution in [0.4, 0.5) is 0 Å². The molecule has 20 atom stereocenters. The van der Waals surface area contributed by atoms with Crippen molar-refractivity contribution in [1.82, 2.24) is 0 Å². The Hall–Kier alpha value is -3.95. The molecule has 0 aliphatic carbocycles. The van der Waals surface area contributed by atoms with Crippen molar-refractivity contribution >= 4 is 11.0 Å². The van der Waals surface area contributed by atoms with Gasteiger partial charge in [0, 0.05) is 17.7 Å². The predicted octanol–water partition coefficient (Wildman–Crippen LogP) is -7.12. The third-order valence-electron chi connectivity index (χ3n) is 11.5. The Morgan fingerprint density at radius 3 is 1.48 bits per heavy atom. The Balaban J connectivity index is 1.27. The van der Waals surface area contributed by atoms with E-state index < -0.39 is 183 Å². The molecule has 5 heterocycles. The molecule has 1 aromatic heterocycles. The van der Waals surface area contributed by atoms with Crippen molar-refractivity contribution in [3.8, 4) is 34.3 Å². The van der Waals surface area contributed by atoms with Gasteiger partial charge in [-0.25, -0.2) is 0 Å². The molecule has 4 saturated heterocycles. The molecule has 2 aromatic carbocycles. The maximum Gasteiger partial charge on any atom is 0.239 e. The van der Waals surface area contributed by atoms with E-state index in [2.05, 4.69) is 0 Å². The lowest BCUT2D eigenvalue weighted by Crippen LogP contribution is -2.67. The van der Waals surface area contributed by atoms with E-state index in [4.69, 9.17) is 42.3 Å². The molecule has 0 bridgehead atoms. The van der Waals surface area contributed by atoms with Gasteiger partial charge >= 0.3 is 0 Å². The van der Waals surface area contributed by atoms with Crippen LogP contribution in [0.2, 0.25) is 0 Å². The molecule has 4 fully saturated rings. The number of aromatic hydroxyl groups is 2. The second kappa shape index (κ2) is 20.1. The van der Waals surface area contributed by atoms with Crippen molar-refractivity contribution in [3.05, 3.63) is 46.6 Å². The summed E-state index contributed by atoms with van der Waals surface area (Å²) in [4.78, 5) is 14.5. The maximum atomic E-state index is 14.5. The van der Waals surface area contributed by atoms with Gasteiger partial charge in [0.25, 0.3) is 0 Å². The van der Waals surface area contributed by atoms with E-state index in [0.29, 0.717) is 0 Å². The van der Waals surface area contributed by atoms with Gasteiger partial charge in [-0.05, 0) is 24.3 Å². The number of phenolic OH excluding ortho intramolecular Hbond substituents is 2. The highest BCUT2D eigenvalue weighted by molar-refractivity contribution is 5.88. The molecule has 16 N–H and O–H groups in total. The number of aliphatic hydroxyl groups is 14. The molecule has 0 saturated carbocycles. The average molecular weight is 935 g/mol. The highest BCUT2D eigenvalue weighted by Crippen LogP contribution is 2.40. The molecule has 362 valence electrons. The standard InChI is InChI=1S/C39H50O26/c40-7-16-21(46)26(51)30(55)36(59-16)57-13-5-14(45)20-15(6-13)58-32(11-1-3-12(44)4-2-11)33(25(20)50)63-38-35(29(54)24(49)18(9-42)61-38)65-39-34(28(53)23(48)19(10-43)62-39)64-37-31(56)27(52)22(47)17(8-41)60-37/h1-6,16-19,21-24,26-31,34-49,51-56H,7-10H2/t16?,17?,18?,19?,21-,22-,23-,24-,26+,27?,28?,29+,30?,31-,34?,35?,36-,37+,38+,39+/m1/s1. The Labute approximate surface area is 364 Å². The van der Waals surface area contributed by atoms with Gasteiger partial charge in [0.1, 0.15) is 120 Å². The Morgan fingerprint density at radius 1 is 0.492 bits per heavy atom. The largest absolute Gasteiger partial charge is 0.508 e. The summed E-state index contributed by atoms with van der Waals surface area (Å²) >= 11 is 0. The maximum absolute atomic E-state index is 14.5. The fraction of sp³-hybridized carbons (Fsp3) is 0.615. The Bertz CT molecular complexity index is 2120. The number of rotatable bonds is 13. The number of aliphatic hydroxyl groups excluding tert-OH is 14. The SMILES string of the molecule is O=c1c(O[C@@H]2OC(CO)[C@@H](O)[C@H](O)C2O[C@@H]2OC(CO)[C@@H](O)C(O)C2O[C@@H]2OC(CO)[C@@H](O)C(O)[C@H]2O)c(-c2ccc(O)cc2)oc2cc(O[C@@H]3OC(CO)[C@@H](O)[C@H](O)C3O)cc(O)c12. The van der Waals surface area contributed by atoms with Crippen molar-refractivity contribution < 1.29 is 124 Å².